The van der Waals surface area contributed by atoms with Crippen molar-refractivity contribution >= 4 is 26.6 Å². The van der Waals surface area contributed by atoms with E-state index < -0.39 is 10.0 Å². The Bertz CT molecular complexity index is 983. The van der Waals surface area contributed by atoms with Crippen LogP contribution in [0.3, 0.4) is 0 Å². The van der Waals surface area contributed by atoms with E-state index in [2.05, 4.69) is 16.4 Å². The summed E-state index contributed by atoms with van der Waals surface area (Å²) < 4.78 is 22.2. The normalized spacial score (nSPS) is 11.6. The predicted molar refractivity (Wildman–Crippen MR) is 102 cm³/mol. The first-order chi connectivity index (χ1) is 11.9. The molecule has 0 aliphatic heterocycles. The van der Waals surface area contributed by atoms with Gasteiger partial charge in [0.2, 0.25) is 10.0 Å². The van der Waals surface area contributed by atoms with Crippen molar-refractivity contribution in [2.75, 3.05) is 11.9 Å². The Morgan fingerprint density at radius 2 is 1.72 bits per heavy atom. The van der Waals surface area contributed by atoms with Gasteiger partial charge in [-0.15, -0.1) is 0 Å². The summed E-state index contributed by atoms with van der Waals surface area (Å²) in [6, 6.07) is 15.6. The fraction of sp³-hybridized carbons (Fsp3) is 0.211. The molecule has 3 aromatic rings. The van der Waals surface area contributed by atoms with Gasteiger partial charge in [0.1, 0.15) is 0 Å². The fourth-order valence-corrected chi connectivity index (χ4v) is 3.50. The molecule has 0 radical (unpaired) electrons. The lowest BCUT2D eigenvalue weighted by Gasteiger charge is -2.12. The highest BCUT2D eigenvalue weighted by Crippen LogP contribution is 2.25. The van der Waals surface area contributed by atoms with Crippen LogP contribution < -0.4 is 10.5 Å². The lowest BCUT2D eigenvalue weighted by molar-refractivity contribution is 0.597. The maximum atomic E-state index is 11.1. The second-order valence-corrected chi connectivity index (χ2v) is 7.75. The monoisotopic (exact) mass is 355 g/mol. The molecule has 2 aromatic carbocycles. The number of sulfonamides is 1. The summed E-state index contributed by atoms with van der Waals surface area (Å²) >= 11 is 0. The third kappa shape index (κ3) is 4.55. The topological polar surface area (TPSA) is 85.1 Å². The first-order valence-corrected chi connectivity index (χ1v) is 9.80. The van der Waals surface area contributed by atoms with Gasteiger partial charge in [-0.1, -0.05) is 42.5 Å². The number of aryl methyl sites for hydroxylation is 1. The van der Waals surface area contributed by atoms with Crippen molar-refractivity contribution in [2.45, 2.75) is 19.1 Å². The Labute approximate surface area is 148 Å². The molecule has 3 rings (SSSR count). The Morgan fingerprint density at radius 3 is 2.44 bits per heavy atom. The van der Waals surface area contributed by atoms with Crippen molar-refractivity contribution in [3.05, 3.63) is 71.4 Å². The predicted octanol–water partition coefficient (Wildman–Crippen LogP) is 2.99. The molecule has 1 heterocycles. The molecule has 0 saturated carbocycles. The van der Waals surface area contributed by atoms with E-state index in [1.165, 1.54) is 0 Å². The van der Waals surface area contributed by atoms with E-state index in [1.54, 1.807) is 0 Å². The Balaban J connectivity index is 1.66. The standard InChI is InChI=1S/C19H21N3O2S/c1-14-12-22-18-5-3-2-4-17(18)19(14)21-11-10-15-6-8-16(9-7-15)13-25(20,23)24/h2-9,12H,10-11,13H2,1H3,(H,21,22)(H2,20,23,24). The minimum absolute atomic E-state index is 0.131. The summed E-state index contributed by atoms with van der Waals surface area (Å²) in [5, 5.41) is 9.68. The number of para-hydroxylation sites is 1. The van der Waals surface area contributed by atoms with Gasteiger partial charge >= 0.3 is 0 Å². The van der Waals surface area contributed by atoms with E-state index in [0.717, 1.165) is 40.7 Å². The van der Waals surface area contributed by atoms with Gasteiger partial charge in [0.25, 0.3) is 0 Å². The third-order valence-corrected chi connectivity index (χ3v) is 4.81. The molecule has 0 unspecified atom stereocenters. The van der Waals surface area contributed by atoms with Crippen molar-refractivity contribution in [1.29, 1.82) is 0 Å². The zero-order valence-electron chi connectivity index (χ0n) is 14.1. The Hall–Kier alpha value is -2.44. The SMILES string of the molecule is Cc1cnc2ccccc2c1NCCc1ccc(CS(N)(=O)=O)cc1. The number of anilines is 1. The zero-order chi connectivity index (χ0) is 17.9. The molecular formula is C19H21N3O2S. The smallest absolute Gasteiger partial charge is 0.213 e. The summed E-state index contributed by atoms with van der Waals surface area (Å²) in [5.74, 6) is -0.131. The highest BCUT2D eigenvalue weighted by atomic mass is 32.2. The molecule has 0 atom stereocenters. The first kappa shape index (κ1) is 17.4. The summed E-state index contributed by atoms with van der Waals surface area (Å²) in [5.41, 5.74) is 5.04. The van der Waals surface area contributed by atoms with Crippen LogP contribution in [-0.2, 0) is 22.2 Å². The van der Waals surface area contributed by atoms with Gasteiger partial charge < -0.3 is 5.32 Å². The van der Waals surface area contributed by atoms with Crippen LogP contribution >= 0.6 is 0 Å². The number of nitrogens with one attached hydrogen (secondary N) is 1. The number of nitrogens with zero attached hydrogens (tertiary/aromatic N) is 1. The third-order valence-electron chi connectivity index (χ3n) is 4.07. The summed E-state index contributed by atoms with van der Waals surface area (Å²) in [6.45, 7) is 2.83. The van der Waals surface area contributed by atoms with Crippen molar-refractivity contribution in [2.24, 2.45) is 5.14 Å². The van der Waals surface area contributed by atoms with Gasteiger partial charge in [0, 0.05) is 23.8 Å². The molecule has 130 valence electrons. The number of rotatable bonds is 6. The fourth-order valence-electron chi connectivity index (χ4n) is 2.84. The average molecular weight is 355 g/mol. The molecular weight excluding hydrogens is 334 g/mol. The molecule has 0 spiro atoms. The molecule has 0 fully saturated rings. The number of fused-ring (bicyclic) bond motifs is 1. The maximum Gasteiger partial charge on any atom is 0.213 e. The van der Waals surface area contributed by atoms with Crippen molar-refractivity contribution in [1.82, 2.24) is 4.98 Å². The zero-order valence-corrected chi connectivity index (χ0v) is 14.9. The quantitative estimate of drug-likeness (QED) is 0.712. The van der Waals surface area contributed by atoms with Gasteiger partial charge in [-0.05, 0) is 36.1 Å². The molecule has 0 aliphatic carbocycles. The molecule has 5 nitrogen and oxygen atoms in total. The highest BCUT2D eigenvalue weighted by Gasteiger charge is 2.06. The minimum Gasteiger partial charge on any atom is -0.384 e. The van der Waals surface area contributed by atoms with Crippen LogP contribution in [0.15, 0.2) is 54.7 Å². The maximum absolute atomic E-state index is 11.1. The van der Waals surface area contributed by atoms with E-state index in [4.69, 9.17) is 5.14 Å². The van der Waals surface area contributed by atoms with Crippen molar-refractivity contribution < 1.29 is 8.42 Å². The lowest BCUT2D eigenvalue weighted by atomic mass is 10.1. The van der Waals surface area contributed by atoms with Crippen LogP contribution in [0.5, 0.6) is 0 Å². The minimum atomic E-state index is -3.49. The number of benzene rings is 2. The number of hydrogen-bond donors (Lipinski definition) is 2. The van der Waals surface area contributed by atoms with E-state index >= 15 is 0 Å². The second-order valence-electron chi connectivity index (χ2n) is 6.13. The Morgan fingerprint density at radius 1 is 1.04 bits per heavy atom. The van der Waals surface area contributed by atoms with Crippen molar-refractivity contribution in [3.8, 4) is 0 Å². The van der Waals surface area contributed by atoms with Gasteiger partial charge in [-0.3, -0.25) is 4.98 Å². The molecule has 0 saturated heterocycles. The molecule has 3 N–H and O–H groups in total. The van der Waals surface area contributed by atoms with Crippen LogP contribution in [0.2, 0.25) is 0 Å². The van der Waals surface area contributed by atoms with Crippen LogP contribution in [0.4, 0.5) is 5.69 Å². The van der Waals surface area contributed by atoms with Crippen LogP contribution in [0, 0.1) is 6.92 Å². The Kier molecular flexibility index (Phi) is 5.01. The van der Waals surface area contributed by atoms with E-state index in [9.17, 15) is 8.42 Å². The molecule has 25 heavy (non-hydrogen) atoms. The van der Waals surface area contributed by atoms with Crippen LogP contribution in [0.1, 0.15) is 16.7 Å². The lowest BCUT2D eigenvalue weighted by Crippen LogP contribution is -2.14. The number of primary sulfonamides is 1. The van der Waals surface area contributed by atoms with Crippen molar-refractivity contribution in [3.63, 3.8) is 0 Å². The average Bonchev–Trinajstić information content (AvgIpc) is 2.57. The highest BCUT2D eigenvalue weighted by molar-refractivity contribution is 7.88. The summed E-state index contributed by atoms with van der Waals surface area (Å²) in [4.78, 5) is 4.45. The number of hydrogen-bond acceptors (Lipinski definition) is 4. The van der Waals surface area contributed by atoms with E-state index in [0.29, 0.717) is 5.56 Å². The van der Waals surface area contributed by atoms with Crippen LogP contribution in [0.25, 0.3) is 10.9 Å². The second kappa shape index (κ2) is 7.21. The molecule has 0 amide bonds. The largest absolute Gasteiger partial charge is 0.384 e. The molecule has 6 heteroatoms. The molecule has 0 bridgehead atoms. The van der Waals surface area contributed by atoms with Crippen LogP contribution in [-0.4, -0.2) is 19.9 Å². The van der Waals surface area contributed by atoms with Gasteiger partial charge in [-0.25, -0.2) is 13.6 Å². The molecule has 1 aromatic heterocycles. The summed E-state index contributed by atoms with van der Waals surface area (Å²) in [6.07, 6.45) is 2.72. The van der Waals surface area contributed by atoms with Gasteiger partial charge in [-0.2, -0.15) is 0 Å². The van der Waals surface area contributed by atoms with E-state index in [1.807, 2.05) is 55.6 Å². The van der Waals surface area contributed by atoms with Gasteiger partial charge in [0.15, 0.2) is 0 Å². The molecule has 0 aliphatic rings. The number of nitrogens with two attached hydrogens (primary N) is 1. The number of pyridine rings is 1. The number of aromatic nitrogens is 1. The van der Waals surface area contributed by atoms with Gasteiger partial charge in [0.05, 0.1) is 11.3 Å². The first-order valence-electron chi connectivity index (χ1n) is 8.09. The van der Waals surface area contributed by atoms with E-state index in [-0.39, 0.29) is 5.75 Å². The summed E-state index contributed by atoms with van der Waals surface area (Å²) in [7, 11) is -3.49.